The van der Waals surface area contributed by atoms with Crippen molar-refractivity contribution in [1.29, 1.82) is 0 Å². The summed E-state index contributed by atoms with van der Waals surface area (Å²) in [7, 11) is -2.64. The number of rotatable bonds is 8. The van der Waals surface area contributed by atoms with Gasteiger partial charge in [-0.3, -0.25) is 4.79 Å². The molecule has 0 spiro atoms. The standard InChI is InChI=1S/C27H25ClN4O3S/c1-3-8-25(33)32(2)36(34,35)23-15-13-22(14-16-23)30-27-29-18-24(28)26(31-27)21-12-7-11-20(17-21)19-9-5-4-6-10-19/h4-7,9-18H,3,8H2,1-2H3,(H,29,30,31). The molecule has 3 aromatic carbocycles. The first-order chi connectivity index (χ1) is 17.3. The van der Waals surface area contributed by atoms with Crippen molar-refractivity contribution in [3.8, 4) is 22.4 Å². The van der Waals surface area contributed by atoms with E-state index in [1.807, 2.05) is 61.5 Å². The molecule has 9 heteroatoms. The van der Waals surface area contributed by atoms with Gasteiger partial charge in [0, 0.05) is 24.7 Å². The lowest BCUT2D eigenvalue weighted by molar-refractivity contribution is -0.125. The maximum absolute atomic E-state index is 12.7. The van der Waals surface area contributed by atoms with Crippen LogP contribution in [0.2, 0.25) is 5.02 Å². The molecule has 7 nitrogen and oxygen atoms in total. The van der Waals surface area contributed by atoms with Crippen LogP contribution >= 0.6 is 11.6 Å². The molecule has 184 valence electrons. The van der Waals surface area contributed by atoms with Gasteiger partial charge < -0.3 is 5.32 Å². The summed E-state index contributed by atoms with van der Waals surface area (Å²) in [6, 6.07) is 24.0. The molecule has 4 aromatic rings. The number of benzene rings is 3. The van der Waals surface area contributed by atoms with Gasteiger partial charge in [0.2, 0.25) is 11.9 Å². The minimum Gasteiger partial charge on any atom is -0.324 e. The quantitative estimate of drug-likeness (QED) is 0.299. The van der Waals surface area contributed by atoms with E-state index in [1.54, 1.807) is 12.1 Å². The lowest BCUT2D eigenvalue weighted by atomic mass is 10.0. The molecule has 0 aliphatic carbocycles. The van der Waals surface area contributed by atoms with Crippen LogP contribution in [0, 0.1) is 0 Å². The Morgan fingerprint density at radius 1 is 0.944 bits per heavy atom. The molecular formula is C27H25ClN4O3S. The number of aromatic nitrogens is 2. The van der Waals surface area contributed by atoms with Crippen LogP contribution in [0.25, 0.3) is 22.4 Å². The molecule has 1 aromatic heterocycles. The fourth-order valence-corrected chi connectivity index (χ4v) is 4.97. The number of amides is 1. The van der Waals surface area contributed by atoms with Gasteiger partial charge in [0.25, 0.3) is 10.0 Å². The van der Waals surface area contributed by atoms with Crippen molar-refractivity contribution in [3.63, 3.8) is 0 Å². The molecule has 1 N–H and O–H groups in total. The van der Waals surface area contributed by atoms with Crippen molar-refractivity contribution < 1.29 is 13.2 Å². The van der Waals surface area contributed by atoms with E-state index in [2.05, 4.69) is 15.3 Å². The Morgan fingerprint density at radius 3 is 2.31 bits per heavy atom. The van der Waals surface area contributed by atoms with Crippen molar-refractivity contribution in [2.24, 2.45) is 0 Å². The number of sulfonamides is 1. The van der Waals surface area contributed by atoms with Crippen LogP contribution in [0.5, 0.6) is 0 Å². The lowest BCUT2D eigenvalue weighted by Crippen LogP contribution is -2.32. The summed E-state index contributed by atoms with van der Waals surface area (Å²) in [5, 5.41) is 3.49. The van der Waals surface area contributed by atoms with Crippen LogP contribution in [-0.4, -0.2) is 35.6 Å². The van der Waals surface area contributed by atoms with Crippen LogP contribution < -0.4 is 5.32 Å². The highest BCUT2D eigenvalue weighted by Gasteiger charge is 2.24. The Labute approximate surface area is 215 Å². The van der Waals surface area contributed by atoms with Gasteiger partial charge in [-0.2, -0.15) is 0 Å². The number of halogens is 1. The van der Waals surface area contributed by atoms with Crippen LogP contribution in [0.15, 0.2) is 90.0 Å². The molecular weight excluding hydrogens is 496 g/mol. The highest BCUT2D eigenvalue weighted by atomic mass is 35.5. The summed E-state index contributed by atoms with van der Waals surface area (Å²) in [6.07, 6.45) is 2.26. The number of hydrogen-bond acceptors (Lipinski definition) is 6. The number of carbonyl (C=O) groups is 1. The summed E-state index contributed by atoms with van der Waals surface area (Å²) in [5.74, 6) is -0.136. The molecule has 0 aliphatic rings. The second-order valence-electron chi connectivity index (χ2n) is 8.10. The third-order valence-corrected chi connectivity index (χ3v) is 7.64. The van der Waals surface area contributed by atoms with Crippen molar-refractivity contribution in [1.82, 2.24) is 14.3 Å². The molecule has 1 amide bonds. The van der Waals surface area contributed by atoms with Crippen LogP contribution in [0.4, 0.5) is 11.6 Å². The fourth-order valence-electron chi connectivity index (χ4n) is 3.61. The van der Waals surface area contributed by atoms with E-state index in [-0.39, 0.29) is 11.3 Å². The minimum atomic E-state index is -3.92. The average molecular weight is 521 g/mol. The van der Waals surface area contributed by atoms with Gasteiger partial charge in [0.05, 0.1) is 21.8 Å². The number of anilines is 2. The van der Waals surface area contributed by atoms with Crippen molar-refractivity contribution in [2.75, 3.05) is 12.4 Å². The van der Waals surface area contributed by atoms with E-state index in [1.165, 1.54) is 25.4 Å². The van der Waals surface area contributed by atoms with E-state index >= 15 is 0 Å². The maximum atomic E-state index is 12.7. The lowest BCUT2D eigenvalue weighted by Gasteiger charge is -2.17. The first kappa shape index (κ1) is 25.3. The normalized spacial score (nSPS) is 11.2. The molecule has 0 saturated carbocycles. The highest BCUT2D eigenvalue weighted by Crippen LogP contribution is 2.30. The molecule has 0 saturated heterocycles. The van der Waals surface area contributed by atoms with E-state index in [0.29, 0.717) is 28.8 Å². The number of hydrogen-bond donors (Lipinski definition) is 1. The zero-order chi connectivity index (χ0) is 25.7. The Morgan fingerprint density at radius 2 is 1.61 bits per heavy atom. The minimum absolute atomic E-state index is 0.0236. The second kappa shape index (κ2) is 10.9. The van der Waals surface area contributed by atoms with Gasteiger partial charge in [-0.25, -0.2) is 22.7 Å². The summed E-state index contributed by atoms with van der Waals surface area (Å²) in [4.78, 5) is 20.9. The number of carbonyl (C=O) groups excluding carboxylic acids is 1. The van der Waals surface area contributed by atoms with Gasteiger partial charge in [0.15, 0.2) is 0 Å². The Hall–Kier alpha value is -3.75. The Balaban J connectivity index is 1.56. The van der Waals surface area contributed by atoms with Crippen LogP contribution in [0.1, 0.15) is 19.8 Å². The summed E-state index contributed by atoms with van der Waals surface area (Å²) < 4.78 is 26.3. The van der Waals surface area contributed by atoms with Gasteiger partial charge >= 0.3 is 0 Å². The largest absolute Gasteiger partial charge is 0.324 e. The molecule has 0 fully saturated rings. The molecule has 0 bridgehead atoms. The van der Waals surface area contributed by atoms with Gasteiger partial charge in [-0.15, -0.1) is 0 Å². The molecule has 0 unspecified atom stereocenters. The molecule has 36 heavy (non-hydrogen) atoms. The smallest absolute Gasteiger partial charge is 0.266 e. The first-order valence-electron chi connectivity index (χ1n) is 11.4. The van der Waals surface area contributed by atoms with E-state index in [4.69, 9.17) is 11.6 Å². The molecule has 1 heterocycles. The van der Waals surface area contributed by atoms with Crippen molar-refractivity contribution in [2.45, 2.75) is 24.7 Å². The zero-order valence-electron chi connectivity index (χ0n) is 19.8. The van der Waals surface area contributed by atoms with E-state index < -0.39 is 15.9 Å². The van der Waals surface area contributed by atoms with Crippen molar-refractivity contribution in [3.05, 3.63) is 90.1 Å². The monoisotopic (exact) mass is 520 g/mol. The van der Waals surface area contributed by atoms with E-state index in [0.717, 1.165) is 21.0 Å². The molecule has 0 radical (unpaired) electrons. The molecule has 0 atom stereocenters. The predicted octanol–water partition coefficient (Wildman–Crippen LogP) is 6.15. The van der Waals surface area contributed by atoms with E-state index in [9.17, 15) is 13.2 Å². The average Bonchev–Trinajstić information content (AvgIpc) is 2.90. The molecule has 4 rings (SSSR count). The van der Waals surface area contributed by atoms with Gasteiger partial charge in [-0.05, 0) is 47.9 Å². The van der Waals surface area contributed by atoms with Gasteiger partial charge in [-0.1, -0.05) is 67.1 Å². The van der Waals surface area contributed by atoms with Crippen LogP contribution in [-0.2, 0) is 14.8 Å². The zero-order valence-corrected chi connectivity index (χ0v) is 21.4. The Bertz CT molecular complexity index is 1480. The predicted molar refractivity (Wildman–Crippen MR) is 143 cm³/mol. The SMILES string of the molecule is CCCC(=O)N(C)S(=O)(=O)c1ccc(Nc2ncc(Cl)c(-c3cccc(-c4ccccc4)c3)n2)cc1. The summed E-state index contributed by atoms with van der Waals surface area (Å²) >= 11 is 6.43. The maximum Gasteiger partial charge on any atom is 0.266 e. The third-order valence-electron chi connectivity index (χ3n) is 5.57. The third kappa shape index (κ3) is 5.56. The Kier molecular flexibility index (Phi) is 7.67. The first-order valence-corrected chi connectivity index (χ1v) is 13.2. The topological polar surface area (TPSA) is 92.3 Å². The summed E-state index contributed by atoms with van der Waals surface area (Å²) in [5.41, 5.74) is 4.12. The molecule has 0 aliphatic heterocycles. The van der Waals surface area contributed by atoms with Crippen LogP contribution in [0.3, 0.4) is 0 Å². The number of nitrogens with one attached hydrogen (secondary N) is 1. The number of nitrogens with zero attached hydrogens (tertiary/aromatic N) is 3. The summed E-state index contributed by atoms with van der Waals surface area (Å²) in [6.45, 7) is 1.82. The highest BCUT2D eigenvalue weighted by molar-refractivity contribution is 7.89. The van der Waals surface area contributed by atoms with Crippen molar-refractivity contribution >= 4 is 39.2 Å². The fraction of sp³-hybridized carbons (Fsp3) is 0.148. The second-order valence-corrected chi connectivity index (χ2v) is 10.5. The van der Waals surface area contributed by atoms with Gasteiger partial charge in [0.1, 0.15) is 0 Å².